The number of carbonyl (C=O) groups excluding carboxylic acids is 2. The van der Waals surface area contributed by atoms with Gasteiger partial charge >= 0.3 is 11.3 Å². The molecule has 0 aliphatic carbocycles. The summed E-state index contributed by atoms with van der Waals surface area (Å²) < 4.78 is 9.78. The molecular weight excluding hydrogens is 230 g/mol. The molecule has 5 nitrogen and oxygen atoms in total. The van der Waals surface area contributed by atoms with Gasteiger partial charge in [0.25, 0.3) is 0 Å². The van der Waals surface area contributed by atoms with E-state index < -0.39 is 10.8 Å². The van der Waals surface area contributed by atoms with Gasteiger partial charge in [0.15, 0.2) is 5.54 Å². The number of hydrogen-bond acceptors (Lipinski definition) is 6. The Balaban J connectivity index is 2.60. The van der Waals surface area contributed by atoms with Crippen LogP contribution in [0.5, 0.6) is 0 Å². The largest absolute Gasteiger partial charge is 0.458 e. The Morgan fingerprint density at radius 2 is 2.25 bits per heavy atom. The normalized spacial score (nSPS) is 20.0. The van der Waals surface area contributed by atoms with Crippen LogP contribution in [0.2, 0.25) is 0 Å². The van der Waals surface area contributed by atoms with Gasteiger partial charge in [-0.05, 0) is 39.5 Å². The number of rotatable bonds is 3. The van der Waals surface area contributed by atoms with Crippen molar-refractivity contribution in [2.24, 2.45) is 4.99 Å². The molecule has 6 heteroatoms. The van der Waals surface area contributed by atoms with E-state index in [1.807, 2.05) is 0 Å². The summed E-state index contributed by atoms with van der Waals surface area (Å²) in [6, 6.07) is 0. The smallest absolute Gasteiger partial charge is 0.368 e. The fourth-order valence-electron chi connectivity index (χ4n) is 1.08. The highest BCUT2D eigenvalue weighted by Crippen LogP contribution is 2.25. The SMILES string of the molecule is CCOC(=O)SC(C)C1=NC(C)(C)C(=O)O1. The van der Waals surface area contributed by atoms with E-state index in [-0.39, 0.29) is 17.1 Å². The average molecular weight is 245 g/mol. The molecule has 90 valence electrons. The Morgan fingerprint density at radius 3 is 2.69 bits per heavy atom. The summed E-state index contributed by atoms with van der Waals surface area (Å²) in [6.45, 7) is 7.15. The summed E-state index contributed by atoms with van der Waals surface area (Å²) in [7, 11) is 0. The lowest BCUT2D eigenvalue weighted by Gasteiger charge is -2.08. The molecule has 0 saturated heterocycles. The quantitative estimate of drug-likeness (QED) is 0.711. The molecule has 0 radical (unpaired) electrons. The van der Waals surface area contributed by atoms with Crippen LogP contribution in [0.25, 0.3) is 0 Å². The van der Waals surface area contributed by atoms with Gasteiger partial charge in [-0.1, -0.05) is 0 Å². The van der Waals surface area contributed by atoms with Crippen LogP contribution in [0.4, 0.5) is 4.79 Å². The van der Waals surface area contributed by atoms with Gasteiger partial charge in [0, 0.05) is 0 Å². The van der Waals surface area contributed by atoms with Crippen molar-refractivity contribution in [3.8, 4) is 0 Å². The number of carbonyl (C=O) groups is 2. The van der Waals surface area contributed by atoms with E-state index in [1.54, 1.807) is 27.7 Å². The first-order chi connectivity index (χ1) is 7.36. The van der Waals surface area contributed by atoms with Gasteiger partial charge in [0.05, 0.1) is 11.9 Å². The summed E-state index contributed by atoms with van der Waals surface area (Å²) in [5.41, 5.74) is -0.848. The van der Waals surface area contributed by atoms with E-state index in [0.29, 0.717) is 6.61 Å². The molecule has 0 spiro atoms. The van der Waals surface area contributed by atoms with E-state index in [1.165, 1.54) is 0 Å². The van der Waals surface area contributed by atoms with E-state index in [0.717, 1.165) is 11.8 Å². The minimum Gasteiger partial charge on any atom is -0.458 e. The van der Waals surface area contributed by atoms with Crippen LogP contribution < -0.4 is 0 Å². The van der Waals surface area contributed by atoms with Crippen molar-refractivity contribution in [1.29, 1.82) is 0 Å². The molecule has 0 aromatic rings. The minimum absolute atomic E-state index is 0.285. The number of esters is 1. The fourth-order valence-corrected chi connectivity index (χ4v) is 1.76. The lowest BCUT2D eigenvalue weighted by atomic mass is 10.1. The van der Waals surface area contributed by atoms with Crippen LogP contribution in [0.3, 0.4) is 0 Å². The Morgan fingerprint density at radius 1 is 1.62 bits per heavy atom. The highest BCUT2D eigenvalue weighted by molar-refractivity contribution is 8.14. The first kappa shape index (κ1) is 13.0. The molecule has 1 aliphatic rings. The molecule has 0 N–H and O–H groups in total. The predicted molar refractivity (Wildman–Crippen MR) is 61.7 cm³/mol. The van der Waals surface area contributed by atoms with Gasteiger partial charge in [-0.3, -0.25) is 0 Å². The molecule has 1 atom stereocenters. The minimum atomic E-state index is -0.848. The molecule has 0 aromatic carbocycles. The maximum Gasteiger partial charge on any atom is 0.368 e. The topological polar surface area (TPSA) is 65.0 Å². The zero-order valence-electron chi connectivity index (χ0n) is 9.77. The predicted octanol–water partition coefficient (Wildman–Crippen LogP) is 2.00. The van der Waals surface area contributed by atoms with Gasteiger partial charge < -0.3 is 9.47 Å². The molecule has 1 aliphatic heterocycles. The highest BCUT2D eigenvalue weighted by atomic mass is 32.2. The average Bonchev–Trinajstić information content (AvgIpc) is 2.42. The first-order valence-corrected chi connectivity index (χ1v) is 5.90. The molecule has 1 rings (SSSR count). The maximum atomic E-state index is 11.4. The van der Waals surface area contributed by atoms with Crippen LogP contribution >= 0.6 is 11.8 Å². The molecular formula is C10H15NO4S. The molecule has 0 fully saturated rings. The molecule has 16 heavy (non-hydrogen) atoms. The third-order valence-corrected chi connectivity index (χ3v) is 2.83. The van der Waals surface area contributed by atoms with E-state index in [4.69, 9.17) is 9.47 Å². The summed E-state index contributed by atoms with van der Waals surface area (Å²) in [4.78, 5) is 26.7. The molecule has 1 unspecified atom stereocenters. The Labute approximate surface area is 98.6 Å². The van der Waals surface area contributed by atoms with Gasteiger partial charge in [0.1, 0.15) is 0 Å². The van der Waals surface area contributed by atoms with Crippen molar-refractivity contribution in [2.45, 2.75) is 38.5 Å². The van der Waals surface area contributed by atoms with Crippen LogP contribution in [-0.4, -0.2) is 34.6 Å². The number of cyclic esters (lactones) is 1. The summed E-state index contributed by atoms with van der Waals surface area (Å²) in [6.07, 6.45) is 0. The van der Waals surface area contributed by atoms with Crippen molar-refractivity contribution in [2.75, 3.05) is 6.61 Å². The number of ether oxygens (including phenoxy) is 2. The number of aliphatic imine (C=N–C) groups is 1. The lowest BCUT2D eigenvalue weighted by molar-refractivity contribution is -0.137. The van der Waals surface area contributed by atoms with E-state index in [9.17, 15) is 9.59 Å². The van der Waals surface area contributed by atoms with Crippen molar-refractivity contribution < 1.29 is 19.1 Å². The van der Waals surface area contributed by atoms with Crippen LogP contribution in [-0.2, 0) is 14.3 Å². The number of nitrogens with zero attached hydrogens (tertiary/aromatic N) is 1. The third-order valence-electron chi connectivity index (χ3n) is 1.97. The summed E-state index contributed by atoms with van der Waals surface area (Å²) in [5, 5.41) is -0.705. The van der Waals surface area contributed by atoms with Crippen LogP contribution in [0.1, 0.15) is 27.7 Å². The molecule has 0 bridgehead atoms. The van der Waals surface area contributed by atoms with E-state index in [2.05, 4.69) is 4.99 Å². The third kappa shape index (κ3) is 2.98. The lowest BCUT2D eigenvalue weighted by Crippen LogP contribution is -2.25. The zero-order chi connectivity index (χ0) is 12.3. The van der Waals surface area contributed by atoms with Gasteiger partial charge in [0.2, 0.25) is 5.90 Å². The Bertz CT molecular complexity index is 338. The first-order valence-electron chi connectivity index (χ1n) is 5.02. The summed E-state index contributed by atoms with van der Waals surface area (Å²) in [5.74, 6) is -0.105. The Kier molecular flexibility index (Phi) is 3.96. The molecule has 1 heterocycles. The molecule has 0 aromatic heterocycles. The molecule has 0 saturated carbocycles. The van der Waals surface area contributed by atoms with Gasteiger partial charge in [-0.25, -0.2) is 14.6 Å². The monoisotopic (exact) mass is 245 g/mol. The second kappa shape index (κ2) is 4.86. The van der Waals surface area contributed by atoms with Crippen molar-refractivity contribution in [1.82, 2.24) is 0 Å². The fraction of sp³-hybridized carbons (Fsp3) is 0.700. The van der Waals surface area contributed by atoms with Crippen molar-refractivity contribution in [3.63, 3.8) is 0 Å². The molecule has 0 amide bonds. The number of thioether (sulfide) groups is 1. The van der Waals surface area contributed by atoms with Crippen LogP contribution in [0.15, 0.2) is 4.99 Å². The number of hydrogen-bond donors (Lipinski definition) is 0. The zero-order valence-corrected chi connectivity index (χ0v) is 10.6. The summed E-state index contributed by atoms with van der Waals surface area (Å²) >= 11 is 0.955. The van der Waals surface area contributed by atoms with Crippen molar-refractivity contribution in [3.05, 3.63) is 0 Å². The highest BCUT2D eigenvalue weighted by Gasteiger charge is 2.39. The second-order valence-corrected chi connectivity index (χ2v) is 5.12. The Hall–Kier alpha value is -1.04. The van der Waals surface area contributed by atoms with E-state index >= 15 is 0 Å². The van der Waals surface area contributed by atoms with Crippen molar-refractivity contribution >= 4 is 28.9 Å². The van der Waals surface area contributed by atoms with Gasteiger partial charge in [-0.2, -0.15) is 0 Å². The van der Waals surface area contributed by atoms with Gasteiger partial charge in [-0.15, -0.1) is 0 Å². The standard InChI is InChI=1S/C10H15NO4S/c1-5-14-9(13)16-6(2)7-11-10(3,4)8(12)15-7/h6H,5H2,1-4H3. The maximum absolute atomic E-state index is 11.4. The second-order valence-electron chi connectivity index (χ2n) is 3.84. The van der Waals surface area contributed by atoms with Crippen LogP contribution in [0, 0.1) is 0 Å².